The summed E-state index contributed by atoms with van der Waals surface area (Å²) in [5.41, 5.74) is 4.19. The second-order valence-corrected chi connectivity index (χ2v) is 6.60. The first kappa shape index (κ1) is 15.3. The summed E-state index contributed by atoms with van der Waals surface area (Å²) in [4.78, 5) is 16.6. The average molecular weight is 351 g/mol. The Labute approximate surface area is 141 Å². The van der Waals surface area contributed by atoms with Crippen LogP contribution in [-0.4, -0.2) is 10.9 Å². The van der Waals surface area contributed by atoms with Gasteiger partial charge in [0.1, 0.15) is 0 Å². The van der Waals surface area contributed by atoms with Gasteiger partial charge in [0.2, 0.25) is 0 Å². The number of benzene rings is 2. The number of aromatic nitrogens is 1. The van der Waals surface area contributed by atoms with Crippen LogP contribution >= 0.6 is 34.5 Å². The molecule has 22 heavy (non-hydrogen) atoms. The van der Waals surface area contributed by atoms with Gasteiger partial charge in [-0.25, -0.2) is 4.98 Å². The highest BCUT2D eigenvalue weighted by atomic mass is 35.5. The van der Waals surface area contributed by atoms with Crippen LogP contribution in [0.1, 0.15) is 28.9 Å². The van der Waals surface area contributed by atoms with Gasteiger partial charge in [-0.1, -0.05) is 29.3 Å². The van der Waals surface area contributed by atoms with Crippen LogP contribution in [0.5, 0.6) is 0 Å². The highest BCUT2D eigenvalue weighted by Crippen LogP contribution is 2.26. The molecule has 6 heteroatoms. The number of hydrogen-bond donors (Lipinski definition) is 1. The van der Waals surface area contributed by atoms with Gasteiger partial charge in [-0.15, -0.1) is 11.3 Å². The summed E-state index contributed by atoms with van der Waals surface area (Å²) in [6.45, 7) is 1.91. The lowest BCUT2D eigenvalue weighted by molar-refractivity contribution is 0.0940. The molecule has 0 saturated heterocycles. The Morgan fingerprint density at radius 2 is 2.00 bits per heavy atom. The number of nitrogens with one attached hydrogen (secondary N) is 1. The summed E-state index contributed by atoms with van der Waals surface area (Å²) in [5.74, 6) is -0.131. The molecular formula is C16H12Cl2N2OS. The van der Waals surface area contributed by atoms with E-state index in [0.29, 0.717) is 15.6 Å². The topological polar surface area (TPSA) is 42.0 Å². The van der Waals surface area contributed by atoms with Crippen LogP contribution in [0.3, 0.4) is 0 Å². The fourth-order valence-corrected chi connectivity index (χ4v) is 3.16. The molecule has 112 valence electrons. The second kappa shape index (κ2) is 6.24. The van der Waals surface area contributed by atoms with E-state index in [2.05, 4.69) is 10.3 Å². The van der Waals surface area contributed by atoms with E-state index >= 15 is 0 Å². The fourth-order valence-electron chi connectivity index (χ4n) is 2.14. The van der Waals surface area contributed by atoms with Crippen molar-refractivity contribution in [3.8, 4) is 0 Å². The third-order valence-electron chi connectivity index (χ3n) is 3.38. The van der Waals surface area contributed by atoms with Crippen LogP contribution in [0, 0.1) is 0 Å². The molecule has 3 aromatic rings. The van der Waals surface area contributed by atoms with E-state index in [4.69, 9.17) is 23.2 Å². The lowest BCUT2D eigenvalue weighted by Gasteiger charge is -2.15. The molecule has 1 N–H and O–H groups in total. The maximum absolute atomic E-state index is 12.4. The Morgan fingerprint density at radius 1 is 1.18 bits per heavy atom. The number of halogens is 2. The summed E-state index contributed by atoms with van der Waals surface area (Å²) in [6, 6.07) is 10.7. The van der Waals surface area contributed by atoms with E-state index < -0.39 is 0 Å². The van der Waals surface area contributed by atoms with Crippen LogP contribution in [0.4, 0.5) is 0 Å². The smallest absolute Gasteiger partial charge is 0.251 e. The predicted molar refractivity (Wildman–Crippen MR) is 92.0 cm³/mol. The van der Waals surface area contributed by atoms with E-state index in [1.54, 1.807) is 23.7 Å². The number of hydrogen-bond acceptors (Lipinski definition) is 3. The first-order valence-electron chi connectivity index (χ1n) is 6.63. The Kier molecular flexibility index (Phi) is 4.34. The van der Waals surface area contributed by atoms with E-state index in [1.807, 2.05) is 25.1 Å². The van der Waals surface area contributed by atoms with Crippen molar-refractivity contribution in [3.05, 3.63) is 63.1 Å². The first-order chi connectivity index (χ1) is 10.5. The summed E-state index contributed by atoms with van der Waals surface area (Å²) in [7, 11) is 0. The third kappa shape index (κ3) is 3.09. The number of nitrogens with zero attached hydrogens (tertiary/aromatic N) is 1. The van der Waals surface area contributed by atoms with Gasteiger partial charge >= 0.3 is 0 Å². The Hall–Kier alpha value is -1.62. The highest BCUT2D eigenvalue weighted by Gasteiger charge is 2.13. The second-order valence-electron chi connectivity index (χ2n) is 4.90. The molecule has 0 fully saturated rings. The Morgan fingerprint density at radius 3 is 2.77 bits per heavy atom. The molecule has 0 aliphatic heterocycles. The Bertz CT molecular complexity index is 847. The minimum Gasteiger partial charge on any atom is -0.346 e. The van der Waals surface area contributed by atoms with Crippen LogP contribution in [0.25, 0.3) is 10.2 Å². The minimum absolute atomic E-state index is 0.131. The van der Waals surface area contributed by atoms with Gasteiger partial charge in [0.15, 0.2) is 0 Å². The van der Waals surface area contributed by atoms with Gasteiger partial charge in [-0.2, -0.15) is 0 Å². The Balaban J connectivity index is 1.78. The van der Waals surface area contributed by atoms with E-state index in [-0.39, 0.29) is 11.9 Å². The maximum Gasteiger partial charge on any atom is 0.251 e. The minimum atomic E-state index is -0.167. The van der Waals surface area contributed by atoms with Crippen molar-refractivity contribution >= 4 is 50.7 Å². The van der Waals surface area contributed by atoms with Gasteiger partial charge in [0.25, 0.3) is 5.91 Å². The molecule has 0 aliphatic carbocycles. The standard InChI is InChI=1S/C16H12Cl2N2OS/c1-9(10-2-4-12(17)13(18)6-10)20-16(21)11-3-5-14-15(7-11)22-8-19-14/h2-9H,1H3,(H,20,21). The quantitative estimate of drug-likeness (QED) is 0.714. The third-order valence-corrected chi connectivity index (χ3v) is 4.92. The molecule has 0 spiro atoms. The van der Waals surface area contributed by atoms with Crippen molar-refractivity contribution in [1.29, 1.82) is 0 Å². The van der Waals surface area contributed by atoms with Crippen molar-refractivity contribution in [2.45, 2.75) is 13.0 Å². The van der Waals surface area contributed by atoms with Crippen molar-refractivity contribution in [3.63, 3.8) is 0 Å². The lowest BCUT2D eigenvalue weighted by atomic mass is 10.1. The van der Waals surface area contributed by atoms with Gasteiger partial charge in [0.05, 0.1) is 31.8 Å². The van der Waals surface area contributed by atoms with Gasteiger partial charge in [-0.3, -0.25) is 4.79 Å². The number of carbonyl (C=O) groups is 1. The molecule has 0 aliphatic rings. The highest BCUT2D eigenvalue weighted by molar-refractivity contribution is 7.16. The van der Waals surface area contributed by atoms with E-state index in [0.717, 1.165) is 15.8 Å². The summed E-state index contributed by atoms with van der Waals surface area (Å²) >= 11 is 13.4. The van der Waals surface area contributed by atoms with Gasteiger partial charge < -0.3 is 5.32 Å². The number of thiazole rings is 1. The largest absolute Gasteiger partial charge is 0.346 e. The molecule has 3 nitrogen and oxygen atoms in total. The molecule has 1 heterocycles. The number of rotatable bonds is 3. The SMILES string of the molecule is CC(NC(=O)c1ccc2ncsc2c1)c1ccc(Cl)c(Cl)c1. The molecule has 0 radical (unpaired) electrons. The number of carbonyl (C=O) groups excluding carboxylic acids is 1. The molecule has 1 unspecified atom stereocenters. The monoisotopic (exact) mass is 350 g/mol. The molecule has 1 amide bonds. The number of fused-ring (bicyclic) bond motifs is 1. The van der Waals surface area contributed by atoms with Crippen molar-refractivity contribution < 1.29 is 4.79 Å². The first-order valence-corrected chi connectivity index (χ1v) is 8.27. The maximum atomic E-state index is 12.4. The predicted octanol–water partition coefficient (Wildman–Crippen LogP) is 5.09. The van der Waals surface area contributed by atoms with Crippen molar-refractivity contribution in [2.24, 2.45) is 0 Å². The molecule has 1 atom stereocenters. The molecule has 0 saturated carbocycles. The lowest BCUT2D eigenvalue weighted by Crippen LogP contribution is -2.26. The summed E-state index contributed by atoms with van der Waals surface area (Å²) in [5, 5.41) is 3.94. The molecule has 1 aromatic heterocycles. The normalized spacial score (nSPS) is 12.3. The van der Waals surface area contributed by atoms with Crippen molar-refractivity contribution in [2.75, 3.05) is 0 Å². The molecule has 3 rings (SSSR count). The van der Waals surface area contributed by atoms with E-state index in [9.17, 15) is 4.79 Å². The fraction of sp³-hybridized carbons (Fsp3) is 0.125. The van der Waals surface area contributed by atoms with Gasteiger partial charge in [-0.05, 0) is 42.8 Å². The molecule has 2 aromatic carbocycles. The zero-order chi connectivity index (χ0) is 15.7. The molecule has 0 bridgehead atoms. The zero-order valence-corrected chi connectivity index (χ0v) is 14.0. The number of amides is 1. The van der Waals surface area contributed by atoms with Crippen molar-refractivity contribution in [1.82, 2.24) is 10.3 Å². The molecular weight excluding hydrogens is 339 g/mol. The van der Waals surface area contributed by atoms with Crippen LogP contribution in [0.2, 0.25) is 10.0 Å². The summed E-state index contributed by atoms with van der Waals surface area (Å²) in [6.07, 6.45) is 0. The van der Waals surface area contributed by atoms with Crippen LogP contribution < -0.4 is 5.32 Å². The average Bonchev–Trinajstić information content (AvgIpc) is 2.97. The summed E-state index contributed by atoms with van der Waals surface area (Å²) < 4.78 is 0.995. The zero-order valence-electron chi connectivity index (χ0n) is 11.6. The van der Waals surface area contributed by atoms with Crippen LogP contribution in [-0.2, 0) is 0 Å². The van der Waals surface area contributed by atoms with Gasteiger partial charge in [0, 0.05) is 5.56 Å². The van der Waals surface area contributed by atoms with E-state index in [1.165, 1.54) is 11.3 Å². The van der Waals surface area contributed by atoms with Crippen LogP contribution in [0.15, 0.2) is 41.9 Å².